The van der Waals surface area contributed by atoms with Gasteiger partial charge in [-0.25, -0.2) is 9.48 Å². The van der Waals surface area contributed by atoms with E-state index in [9.17, 15) is 19.7 Å². The first-order chi connectivity index (χ1) is 19.7. The average Bonchev–Trinajstić information content (AvgIpc) is 3.39. The maximum absolute atomic E-state index is 13.4. The lowest BCUT2D eigenvalue weighted by molar-refractivity contribution is -0.385. The molecule has 214 valence electrons. The number of aromatic nitrogens is 2. The highest BCUT2D eigenvalue weighted by molar-refractivity contribution is 6.07. The Balaban J connectivity index is 2.03. The van der Waals surface area contributed by atoms with Crippen LogP contribution in [0, 0.1) is 16.0 Å². The van der Waals surface area contributed by atoms with Crippen molar-refractivity contribution < 1.29 is 28.7 Å². The normalized spacial score (nSPS) is 16.7. The van der Waals surface area contributed by atoms with Gasteiger partial charge in [0.05, 0.1) is 41.7 Å². The Morgan fingerprint density at radius 1 is 1.00 bits per heavy atom. The number of rotatable bonds is 10. The molecule has 2 unspecified atom stereocenters. The number of hydrogen-bond donors (Lipinski definition) is 0. The Morgan fingerprint density at radius 2 is 1.71 bits per heavy atom. The lowest BCUT2D eigenvalue weighted by Gasteiger charge is -2.31. The van der Waals surface area contributed by atoms with E-state index in [4.69, 9.17) is 19.3 Å². The van der Waals surface area contributed by atoms with Crippen LogP contribution in [-0.4, -0.2) is 52.2 Å². The molecule has 0 aliphatic carbocycles. The third kappa shape index (κ3) is 5.88. The predicted octanol–water partition coefficient (Wildman–Crippen LogP) is 5.42. The fourth-order valence-electron chi connectivity index (χ4n) is 5.02. The fourth-order valence-corrected chi connectivity index (χ4v) is 5.02. The Hall–Kier alpha value is -4.80. The van der Waals surface area contributed by atoms with Crippen molar-refractivity contribution in [1.29, 1.82) is 0 Å². The molecule has 0 radical (unpaired) electrons. The van der Waals surface area contributed by atoms with Crippen molar-refractivity contribution in [3.8, 4) is 22.7 Å². The van der Waals surface area contributed by atoms with E-state index >= 15 is 0 Å². The Labute approximate surface area is 237 Å². The molecule has 1 aliphatic heterocycles. The van der Waals surface area contributed by atoms with Gasteiger partial charge in [0.25, 0.3) is 0 Å². The van der Waals surface area contributed by atoms with E-state index in [1.54, 1.807) is 51.6 Å². The number of hydrogen-bond acceptors (Lipinski definition) is 9. The summed E-state index contributed by atoms with van der Waals surface area (Å²) in [7, 11) is 0. The van der Waals surface area contributed by atoms with Gasteiger partial charge in [0, 0.05) is 40.7 Å². The number of nitro groups is 1. The van der Waals surface area contributed by atoms with Gasteiger partial charge < -0.3 is 14.2 Å². The molecule has 4 rings (SSSR count). The molecular formula is C30H32N4O7. The van der Waals surface area contributed by atoms with Crippen LogP contribution in [0.2, 0.25) is 0 Å². The van der Waals surface area contributed by atoms with Crippen LogP contribution in [0.5, 0.6) is 5.75 Å². The zero-order valence-corrected chi connectivity index (χ0v) is 23.6. The minimum absolute atomic E-state index is 0.121. The van der Waals surface area contributed by atoms with Gasteiger partial charge in [0.2, 0.25) is 0 Å². The van der Waals surface area contributed by atoms with E-state index in [0.29, 0.717) is 33.9 Å². The fraction of sp³-hybridized carbons (Fsp3) is 0.333. The minimum Gasteiger partial charge on any atom is -0.487 e. The number of carbonyl (C=O) groups excluding carboxylic acids is 2. The van der Waals surface area contributed by atoms with Crippen LogP contribution in [0.25, 0.3) is 16.9 Å². The van der Waals surface area contributed by atoms with Crippen LogP contribution < -0.4 is 4.74 Å². The monoisotopic (exact) mass is 560 g/mol. The lowest BCUT2D eigenvalue weighted by Crippen LogP contribution is -2.36. The van der Waals surface area contributed by atoms with E-state index in [-0.39, 0.29) is 36.8 Å². The molecule has 1 aliphatic rings. The van der Waals surface area contributed by atoms with Gasteiger partial charge in [-0.05, 0) is 58.9 Å². The largest absolute Gasteiger partial charge is 0.487 e. The Morgan fingerprint density at radius 3 is 2.34 bits per heavy atom. The molecule has 2 atom stereocenters. The van der Waals surface area contributed by atoms with Crippen LogP contribution in [0.4, 0.5) is 5.69 Å². The number of aliphatic imine (C=N–C) groups is 1. The van der Waals surface area contributed by atoms with Crippen molar-refractivity contribution >= 4 is 23.3 Å². The van der Waals surface area contributed by atoms with E-state index < -0.39 is 28.7 Å². The standard InChI is InChI=1S/C30H32N4O7/c1-6-39-24-15-14-20(16-23(24)34(37)38)28-22(17-33(32-28)21-12-10-9-11-13-21)27-25(29(35)40-7-2)18(4)31-19(5)26(27)30(36)41-8-3/h9-17,25,27H,6-8H2,1-5H3. The van der Waals surface area contributed by atoms with Crippen molar-refractivity contribution in [2.75, 3.05) is 19.8 Å². The molecule has 0 spiro atoms. The number of nitro benzene ring substituents is 1. The molecule has 1 aromatic heterocycles. The first-order valence-corrected chi connectivity index (χ1v) is 13.4. The topological polar surface area (TPSA) is 135 Å². The summed E-state index contributed by atoms with van der Waals surface area (Å²) in [5.41, 5.74) is 2.81. The second-order valence-electron chi connectivity index (χ2n) is 9.27. The molecule has 0 N–H and O–H groups in total. The molecular weight excluding hydrogens is 528 g/mol. The summed E-state index contributed by atoms with van der Waals surface area (Å²) < 4.78 is 17.9. The average molecular weight is 561 g/mol. The number of benzene rings is 2. The van der Waals surface area contributed by atoms with Crippen LogP contribution in [0.1, 0.15) is 46.1 Å². The minimum atomic E-state index is -0.956. The summed E-state index contributed by atoms with van der Waals surface area (Å²) in [6, 6.07) is 13.9. The highest BCUT2D eigenvalue weighted by Gasteiger charge is 2.44. The molecule has 11 nitrogen and oxygen atoms in total. The molecule has 3 aromatic rings. The van der Waals surface area contributed by atoms with Crippen LogP contribution in [0.15, 0.2) is 71.0 Å². The number of allylic oxidation sites excluding steroid dienone is 1. The maximum atomic E-state index is 13.4. The van der Waals surface area contributed by atoms with Crippen molar-refractivity contribution in [3.63, 3.8) is 0 Å². The second-order valence-corrected chi connectivity index (χ2v) is 9.27. The van der Waals surface area contributed by atoms with E-state index in [1.165, 1.54) is 12.1 Å². The van der Waals surface area contributed by atoms with Crippen molar-refractivity contribution in [2.45, 2.75) is 40.5 Å². The highest BCUT2D eigenvalue weighted by atomic mass is 16.6. The third-order valence-corrected chi connectivity index (χ3v) is 6.69. The Kier molecular flexibility index (Phi) is 8.96. The zero-order chi connectivity index (χ0) is 29.7. The van der Waals surface area contributed by atoms with Gasteiger partial charge in [0.1, 0.15) is 5.92 Å². The van der Waals surface area contributed by atoms with Crippen LogP contribution in [-0.2, 0) is 19.1 Å². The van der Waals surface area contributed by atoms with E-state index in [2.05, 4.69) is 4.99 Å². The SMILES string of the molecule is CCOC(=O)C1=C(C)N=C(C)C(C(=O)OCC)C1c1cn(-c2ccccc2)nc1-c1ccc(OCC)c([N+](=O)[O-])c1. The highest BCUT2D eigenvalue weighted by Crippen LogP contribution is 2.44. The molecule has 0 saturated heterocycles. The van der Waals surface area contributed by atoms with Gasteiger partial charge in [-0.1, -0.05) is 18.2 Å². The first kappa shape index (κ1) is 29.2. The van der Waals surface area contributed by atoms with Crippen LogP contribution >= 0.6 is 0 Å². The van der Waals surface area contributed by atoms with Crippen molar-refractivity contribution in [1.82, 2.24) is 9.78 Å². The van der Waals surface area contributed by atoms with Crippen molar-refractivity contribution in [2.24, 2.45) is 10.9 Å². The number of nitrogens with zero attached hydrogens (tertiary/aromatic N) is 4. The quantitative estimate of drug-likeness (QED) is 0.182. The summed E-state index contributed by atoms with van der Waals surface area (Å²) in [6.45, 7) is 9.04. The summed E-state index contributed by atoms with van der Waals surface area (Å²) in [4.78, 5) is 42.7. The molecule has 0 fully saturated rings. The molecule has 2 aromatic carbocycles. The molecule has 2 heterocycles. The molecule has 0 saturated carbocycles. The van der Waals surface area contributed by atoms with E-state index in [0.717, 1.165) is 0 Å². The maximum Gasteiger partial charge on any atom is 0.336 e. The number of ether oxygens (including phenoxy) is 3. The van der Waals surface area contributed by atoms with Crippen LogP contribution in [0.3, 0.4) is 0 Å². The molecule has 41 heavy (non-hydrogen) atoms. The summed E-state index contributed by atoms with van der Waals surface area (Å²) in [5, 5.41) is 16.8. The second kappa shape index (κ2) is 12.6. The third-order valence-electron chi connectivity index (χ3n) is 6.69. The van der Waals surface area contributed by atoms with Gasteiger partial charge in [-0.2, -0.15) is 5.10 Å². The summed E-state index contributed by atoms with van der Waals surface area (Å²) in [5.74, 6) is -2.88. The molecule has 0 amide bonds. The zero-order valence-electron chi connectivity index (χ0n) is 23.6. The van der Waals surface area contributed by atoms with Gasteiger partial charge in [0.15, 0.2) is 5.75 Å². The molecule has 0 bridgehead atoms. The first-order valence-electron chi connectivity index (χ1n) is 13.4. The van der Waals surface area contributed by atoms with Gasteiger partial charge >= 0.3 is 17.6 Å². The van der Waals surface area contributed by atoms with Gasteiger partial charge in [-0.15, -0.1) is 0 Å². The summed E-state index contributed by atoms with van der Waals surface area (Å²) in [6.07, 6.45) is 1.73. The van der Waals surface area contributed by atoms with E-state index in [1.807, 2.05) is 30.3 Å². The smallest absolute Gasteiger partial charge is 0.336 e. The number of esters is 2. The number of carbonyl (C=O) groups is 2. The molecule has 11 heteroatoms. The predicted molar refractivity (Wildman–Crippen MR) is 152 cm³/mol. The number of para-hydroxylation sites is 1. The Bertz CT molecular complexity index is 1520. The van der Waals surface area contributed by atoms with Crippen molar-refractivity contribution in [3.05, 3.63) is 81.7 Å². The summed E-state index contributed by atoms with van der Waals surface area (Å²) >= 11 is 0. The van der Waals surface area contributed by atoms with Gasteiger partial charge in [-0.3, -0.25) is 19.9 Å². The lowest BCUT2D eigenvalue weighted by atomic mass is 9.75.